The second kappa shape index (κ2) is 12.0. The van der Waals surface area contributed by atoms with Crippen molar-refractivity contribution in [3.63, 3.8) is 0 Å². The third kappa shape index (κ3) is 6.56. The maximum atomic E-state index is 13.2. The van der Waals surface area contributed by atoms with Crippen LogP contribution in [0.2, 0.25) is 0 Å². The van der Waals surface area contributed by atoms with E-state index in [1.54, 1.807) is 13.1 Å². The van der Waals surface area contributed by atoms with E-state index in [0.29, 0.717) is 24.6 Å². The summed E-state index contributed by atoms with van der Waals surface area (Å²) in [5.74, 6) is -1.47. The Bertz CT molecular complexity index is 947. The molecule has 1 aromatic carbocycles. The van der Waals surface area contributed by atoms with E-state index in [-0.39, 0.29) is 18.0 Å². The Morgan fingerprint density at radius 1 is 1.26 bits per heavy atom. The van der Waals surface area contributed by atoms with Gasteiger partial charge >= 0.3 is 6.09 Å². The SMILES string of the molecule is CCCC[C@@H](C(=O)C(=O)N[C@H](C)c1ccccc1)N(CC1(COc2nccs2)CCC1)C(=O)O. The first kappa shape index (κ1) is 25.7. The van der Waals surface area contributed by atoms with E-state index < -0.39 is 23.8 Å². The number of ether oxygens (including phenoxy) is 1. The molecule has 3 rings (SSSR count). The predicted octanol–water partition coefficient (Wildman–Crippen LogP) is 4.68. The first-order valence-corrected chi connectivity index (χ1v) is 12.6. The van der Waals surface area contributed by atoms with Crippen molar-refractivity contribution in [1.82, 2.24) is 15.2 Å². The fraction of sp³-hybridized carbons (Fsp3) is 0.520. The Morgan fingerprint density at radius 3 is 2.56 bits per heavy atom. The van der Waals surface area contributed by atoms with Gasteiger partial charge in [0.2, 0.25) is 5.78 Å². The summed E-state index contributed by atoms with van der Waals surface area (Å²) in [5.41, 5.74) is 0.486. The molecule has 1 fully saturated rings. The van der Waals surface area contributed by atoms with Gasteiger partial charge in [0.25, 0.3) is 11.1 Å². The average Bonchev–Trinajstić information content (AvgIpc) is 3.33. The molecule has 9 heteroatoms. The Hall–Kier alpha value is -2.94. The topological polar surface area (TPSA) is 109 Å². The van der Waals surface area contributed by atoms with E-state index in [0.717, 1.165) is 36.1 Å². The Balaban J connectivity index is 1.73. The Labute approximate surface area is 204 Å². The van der Waals surface area contributed by atoms with E-state index >= 15 is 0 Å². The molecule has 0 radical (unpaired) electrons. The number of nitrogens with one attached hydrogen (secondary N) is 1. The third-order valence-corrected chi connectivity index (χ3v) is 7.14. The van der Waals surface area contributed by atoms with Crippen molar-refractivity contribution in [1.29, 1.82) is 0 Å². The van der Waals surface area contributed by atoms with Crippen LogP contribution in [0.5, 0.6) is 5.19 Å². The summed E-state index contributed by atoms with van der Waals surface area (Å²) in [4.78, 5) is 43.7. The summed E-state index contributed by atoms with van der Waals surface area (Å²) in [6, 6.07) is 7.95. The number of hydrogen-bond acceptors (Lipinski definition) is 6. The van der Waals surface area contributed by atoms with Crippen LogP contribution in [0.15, 0.2) is 41.9 Å². The summed E-state index contributed by atoms with van der Waals surface area (Å²) in [6.45, 7) is 4.25. The fourth-order valence-corrected chi connectivity index (χ4v) is 4.75. The molecule has 1 heterocycles. The van der Waals surface area contributed by atoms with Crippen LogP contribution in [0, 0.1) is 5.41 Å². The van der Waals surface area contributed by atoms with Gasteiger partial charge in [-0.25, -0.2) is 9.78 Å². The van der Waals surface area contributed by atoms with Crippen LogP contribution < -0.4 is 10.1 Å². The van der Waals surface area contributed by atoms with Crippen molar-refractivity contribution in [3.8, 4) is 5.19 Å². The lowest BCUT2D eigenvalue weighted by Gasteiger charge is -2.45. The molecule has 1 saturated carbocycles. The molecule has 1 aliphatic carbocycles. The molecule has 0 bridgehead atoms. The number of nitrogens with zero attached hydrogens (tertiary/aromatic N) is 2. The molecule has 2 amide bonds. The lowest BCUT2D eigenvalue weighted by atomic mass is 9.69. The molecule has 0 saturated heterocycles. The first-order valence-electron chi connectivity index (χ1n) is 11.8. The van der Waals surface area contributed by atoms with Gasteiger partial charge in [0.1, 0.15) is 6.04 Å². The van der Waals surface area contributed by atoms with Gasteiger partial charge in [0.15, 0.2) is 0 Å². The van der Waals surface area contributed by atoms with Gasteiger partial charge in [0.05, 0.1) is 12.6 Å². The molecule has 0 spiro atoms. The standard InChI is InChI=1S/C25H33N3O5S/c1-3-4-11-20(21(29)22(30)27-18(2)19-9-6-5-7-10-19)28(24(31)32)16-25(12-8-13-25)17-33-23-26-14-15-34-23/h5-7,9-10,14-15,18,20H,3-4,8,11-13,16-17H2,1-2H3,(H,27,30)(H,31,32)/t18-,20+/m1/s1. The minimum Gasteiger partial charge on any atom is -0.469 e. The molecule has 2 atom stereocenters. The first-order chi connectivity index (χ1) is 16.3. The lowest BCUT2D eigenvalue weighted by Crippen LogP contribution is -2.55. The molecule has 0 unspecified atom stereocenters. The largest absolute Gasteiger partial charge is 0.469 e. The fourth-order valence-electron chi connectivity index (χ4n) is 4.26. The normalized spacial score (nSPS) is 16.1. The van der Waals surface area contributed by atoms with Gasteiger partial charge in [-0.1, -0.05) is 67.9 Å². The minimum absolute atomic E-state index is 0.148. The van der Waals surface area contributed by atoms with Crippen molar-refractivity contribution < 1.29 is 24.2 Å². The summed E-state index contributed by atoms with van der Waals surface area (Å²) >= 11 is 1.38. The number of rotatable bonds is 13. The predicted molar refractivity (Wildman–Crippen MR) is 130 cm³/mol. The Morgan fingerprint density at radius 2 is 2.00 bits per heavy atom. The summed E-state index contributed by atoms with van der Waals surface area (Å²) < 4.78 is 5.83. The van der Waals surface area contributed by atoms with Crippen molar-refractivity contribution in [2.45, 2.75) is 64.5 Å². The highest BCUT2D eigenvalue weighted by Crippen LogP contribution is 2.42. The van der Waals surface area contributed by atoms with E-state index in [4.69, 9.17) is 4.74 Å². The van der Waals surface area contributed by atoms with Gasteiger partial charge in [-0.15, -0.1) is 0 Å². The van der Waals surface area contributed by atoms with E-state index in [1.165, 1.54) is 11.3 Å². The van der Waals surface area contributed by atoms with Gasteiger partial charge in [-0.3, -0.25) is 14.5 Å². The molecule has 8 nitrogen and oxygen atoms in total. The molecular formula is C25H33N3O5S. The summed E-state index contributed by atoms with van der Waals surface area (Å²) in [7, 11) is 0. The van der Waals surface area contributed by atoms with Gasteiger partial charge in [0, 0.05) is 23.5 Å². The average molecular weight is 488 g/mol. The number of ketones is 1. The van der Waals surface area contributed by atoms with Crippen molar-refractivity contribution in [3.05, 3.63) is 47.5 Å². The molecular weight excluding hydrogens is 454 g/mol. The van der Waals surface area contributed by atoms with Crippen molar-refractivity contribution in [2.75, 3.05) is 13.2 Å². The lowest BCUT2D eigenvalue weighted by molar-refractivity contribution is -0.141. The highest BCUT2D eigenvalue weighted by Gasteiger charge is 2.44. The molecule has 2 N–H and O–H groups in total. The minimum atomic E-state index is -1.20. The van der Waals surface area contributed by atoms with Gasteiger partial charge < -0.3 is 15.2 Å². The van der Waals surface area contributed by atoms with E-state index in [1.807, 2.05) is 42.6 Å². The summed E-state index contributed by atoms with van der Waals surface area (Å²) in [6.07, 6.45) is 4.77. The molecule has 34 heavy (non-hydrogen) atoms. The van der Waals surface area contributed by atoms with Crippen LogP contribution in [0.3, 0.4) is 0 Å². The van der Waals surface area contributed by atoms with Crippen LogP contribution in [-0.2, 0) is 9.59 Å². The number of aromatic nitrogens is 1. The zero-order chi connectivity index (χ0) is 24.6. The second-order valence-electron chi connectivity index (χ2n) is 8.98. The van der Waals surface area contributed by atoms with Crippen LogP contribution >= 0.6 is 11.3 Å². The van der Waals surface area contributed by atoms with Gasteiger partial charge in [-0.05, 0) is 31.7 Å². The number of Topliss-reactive ketones (excluding diaryl/α,β-unsaturated/α-hetero) is 1. The monoisotopic (exact) mass is 487 g/mol. The number of benzene rings is 1. The number of unbranched alkanes of at least 4 members (excludes halogenated alkanes) is 1. The number of amides is 2. The molecule has 1 aromatic heterocycles. The smallest absolute Gasteiger partial charge is 0.407 e. The van der Waals surface area contributed by atoms with Crippen LogP contribution in [0.1, 0.15) is 64.0 Å². The summed E-state index contributed by atoms with van der Waals surface area (Å²) in [5, 5.41) is 15.2. The zero-order valence-electron chi connectivity index (χ0n) is 19.7. The quantitative estimate of drug-likeness (QED) is 0.397. The number of carbonyl (C=O) groups excluding carboxylic acids is 2. The van der Waals surface area contributed by atoms with Crippen LogP contribution in [0.25, 0.3) is 0 Å². The molecule has 2 aromatic rings. The van der Waals surface area contributed by atoms with E-state index in [2.05, 4.69) is 10.3 Å². The number of carbonyl (C=O) groups is 3. The molecule has 0 aliphatic heterocycles. The van der Waals surface area contributed by atoms with Crippen LogP contribution in [0.4, 0.5) is 4.79 Å². The zero-order valence-corrected chi connectivity index (χ0v) is 20.6. The third-order valence-electron chi connectivity index (χ3n) is 6.46. The molecule has 184 valence electrons. The van der Waals surface area contributed by atoms with E-state index in [9.17, 15) is 19.5 Å². The molecule has 1 aliphatic rings. The van der Waals surface area contributed by atoms with Crippen LogP contribution in [-0.4, -0.2) is 52.0 Å². The second-order valence-corrected chi connectivity index (χ2v) is 9.84. The Kier molecular flexibility index (Phi) is 9.04. The number of carboxylic acid groups (broad SMARTS) is 1. The highest BCUT2D eigenvalue weighted by molar-refractivity contribution is 7.11. The van der Waals surface area contributed by atoms with Crippen molar-refractivity contribution >= 4 is 29.1 Å². The van der Waals surface area contributed by atoms with Gasteiger partial charge in [-0.2, -0.15) is 0 Å². The van der Waals surface area contributed by atoms with Crippen molar-refractivity contribution in [2.24, 2.45) is 5.41 Å². The highest BCUT2D eigenvalue weighted by atomic mass is 32.1. The number of thiazole rings is 1. The number of hydrogen-bond donors (Lipinski definition) is 2. The maximum Gasteiger partial charge on any atom is 0.407 e. The maximum absolute atomic E-state index is 13.2.